The molecule has 0 saturated carbocycles. The van der Waals surface area contributed by atoms with Crippen molar-refractivity contribution in [1.29, 1.82) is 0 Å². The minimum Gasteiger partial charge on any atom is -0.497 e. The van der Waals surface area contributed by atoms with Crippen molar-refractivity contribution in [2.45, 2.75) is 40.2 Å². The standard InChI is InChI=1S/C25H32N6O2/c1-16-17(2)23(29-28-22(16)19-7-9-20(33-6)10-8-19)30-11-13-31(14-12-30)24-26-15-21(18(3)27-24)25(4,5)32/h7-10,15,32H,11-14H2,1-6H3. The van der Waals surface area contributed by atoms with Crippen molar-refractivity contribution in [3.8, 4) is 17.0 Å². The van der Waals surface area contributed by atoms with Crippen LogP contribution in [-0.4, -0.2) is 58.6 Å². The molecule has 3 aromatic rings. The lowest BCUT2D eigenvalue weighted by Gasteiger charge is -2.36. The fraction of sp³-hybridized carbons (Fsp3) is 0.440. The average molecular weight is 449 g/mol. The van der Waals surface area contributed by atoms with Gasteiger partial charge in [-0.05, 0) is 70.0 Å². The van der Waals surface area contributed by atoms with E-state index in [-0.39, 0.29) is 0 Å². The zero-order valence-corrected chi connectivity index (χ0v) is 20.3. The first-order valence-electron chi connectivity index (χ1n) is 11.2. The van der Waals surface area contributed by atoms with Crippen LogP contribution in [0.15, 0.2) is 30.5 Å². The van der Waals surface area contributed by atoms with Crippen LogP contribution in [0.5, 0.6) is 5.75 Å². The monoisotopic (exact) mass is 448 g/mol. The van der Waals surface area contributed by atoms with Crippen LogP contribution in [-0.2, 0) is 5.60 Å². The van der Waals surface area contributed by atoms with Crippen LogP contribution in [0.2, 0.25) is 0 Å². The van der Waals surface area contributed by atoms with Gasteiger partial charge in [-0.3, -0.25) is 0 Å². The molecule has 1 N–H and O–H groups in total. The smallest absolute Gasteiger partial charge is 0.225 e. The van der Waals surface area contributed by atoms with Crippen molar-refractivity contribution in [2.75, 3.05) is 43.1 Å². The molecule has 0 unspecified atom stereocenters. The Hall–Kier alpha value is -3.26. The third kappa shape index (κ3) is 4.61. The molecule has 8 nitrogen and oxygen atoms in total. The molecule has 1 saturated heterocycles. The number of benzene rings is 1. The zero-order valence-electron chi connectivity index (χ0n) is 20.3. The number of piperazine rings is 1. The summed E-state index contributed by atoms with van der Waals surface area (Å²) in [5.41, 5.74) is 4.81. The Bertz CT molecular complexity index is 1130. The maximum atomic E-state index is 10.3. The molecule has 1 fully saturated rings. The van der Waals surface area contributed by atoms with Gasteiger partial charge in [0.25, 0.3) is 0 Å². The SMILES string of the molecule is COc1ccc(-c2nnc(N3CCN(c4ncc(C(C)(C)O)c(C)n4)CC3)c(C)c2C)cc1. The summed E-state index contributed by atoms with van der Waals surface area (Å²) >= 11 is 0. The maximum absolute atomic E-state index is 10.3. The molecular weight excluding hydrogens is 416 g/mol. The lowest BCUT2D eigenvalue weighted by atomic mass is 9.99. The summed E-state index contributed by atoms with van der Waals surface area (Å²) < 4.78 is 5.26. The van der Waals surface area contributed by atoms with Crippen LogP contribution >= 0.6 is 0 Å². The molecule has 33 heavy (non-hydrogen) atoms. The number of methoxy groups -OCH3 is 1. The van der Waals surface area contributed by atoms with Gasteiger partial charge in [0.1, 0.15) is 5.75 Å². The van der Waals surface area contributed by atoms with E-state index in [4.69, 9.17) is 4.74 Å². The first kappa shape index (κ1) is 22.9. The third-order valence-corrected chi connectivity index (χ3v) is 6.35. The van der Waals surface area contributed by atoms with E-state index < -0.39 is 5.60 Å². The second-order valence-corrected chi connectivity index (χ2v) is 9.05. The van der Waals surface area contributed by atoms with Crippen molar-refractivity contribution < 1.29 is 9.84 Å². The zero-order chi connectivity index (χ0) is 23.8. The van der Waals surface area contributed by atoms with Gasteiger partial charge in [-0.15, -0.1) is 10.2 Å². The Morgan fingerprint density at radius 2 is 1.55 bits per heavy atom. The van der Waals surface area contributed by atoms with E-state index in [0.29, 0.717) is 5.95 Å². The largest absolute Gasteiger partial charge is 0.497 e. The van der Waals surface area contributed by atoms with Gasteiger partial charge in [0.2, 0.25) is 5.95 Å². The molecule has 174 valence electrons. The van der Waals surface area contributed by atoms with E-state index in [0.717, 1.165) is 71.4 Å². The summed E-state index contributed by atoms with van der Waals surface area (Å²) in [6.45, 7) is 12.8. The van der Waals surface area contributed by atoms with Gasteiger partial charge in [0.05, 0.1) is 18.4 Å². The molecule has 1 aliphatic rings. The van der Waals surface area contributed by atoms with Crippen LogP contribution in [0.4, 0.5) is 11.8 Å². The minimum atomic E-state index is -0.951. The van der Waals surface area contributed by atoms with Gasteiger partial charge in [0, 0.05) is 49.2 Å². The lowest BCUT2D eigenvalue weighted by Crippen LogP contribution is -2.47. The molecule has 0 spiro atoms. The van der Waals surface area contributed by atoms with Gasteiger partial charge in [0.15, 0.2) is 5.82 Å². The third-order valence-electron chi connectivity index (χ3n) is 6.35. The van der Waals surface area contributed by atoms with E-state index in [1.54, 1.807) is 27.2 Å². The van der Waals surface area contributed by atoms with E-state index in [1.165, 1.54) is 0 Å². The first-order valence-corrected chi connectivity index (χ1v) is 11.2. The molecule has 1 aromatic carbocycles. The maximum Gasteiger partial charge on any atom is 0.225 e. The van der Waals surface area contributed by atoms with Crippen LogP contribution in [0.3, 0.4) is 0 Å². The lowest BCUT2D eigenvalue weighted by molar-refractivity contribution is 0.0771. The number of aromatic nitrogens is 4. The molecule has 8 heteroatoms. The van der Waals surface area contributed by atoms with Gasteiger partial charge >= 0.3 is 0 Å². The average Bonchev–Trinajstić information content (AvgIpc) is 2.80. The molecule has 0 amide bonds. The highest BCUT2D eigenvalue weighted by atomic mass is 16.5. The number of aryl methyl sites for hydroxylation is 1. The van der Waals surface area contributed by atoms with Crippen molar-refractivity contribution in [1.82, 2.24) is 20.2 Å². The highest BCUT2D eigenvalue weighted by Crippen LogP contribution is 2.30. The van der Waals surface area contributed by atoms with Gasteiger partial charge in [-0.25, -0.2) is 9.97 Å². The summed E-state index contributed by atoms with van der Waals surface area (Å²) in [7, 11) is 1.66. The first-order chi connectivity index (χ1) is 15.7. The summed E-state index contributed by atoms with van der Waals surface area (Å²) in [4.78, 5) is 13.6. The van der Waals surface area contributed by atoms with Gasteiger partial charge in [-0.2, -0.15) is 0 Å². The number of aliphatic hydroxyl groups is 1. The number of rotatable bonds is 5. The number of anilines is 2. The molecule has 0 atom stereocenters. The molecule has 4 rings (SSSR count). The summed E-state index contributed by atoms with van der Waals surface area (Å²) in [5.74, 6) is 2.46. The predicted octanol–water partition coefficient (Wildman–Crippen LogP) is 3.42. The van der Waals surface area contributed by atoms with Crippen molar-refractivity contribution in [2.24, 2.45) is 0 Å². The summed E-state index contributed by atoms with van der Waals surface area (Å²) in [5, 5.41) is 19.4. The van der Waals surface area contributed by atoms with Gasteiger partial charge in [-0.1, -0.05) is 0 Å². The van der Waals surface area contributed by atoms with Gasteiger partial charge < -0.3 is 19.6 Å². The van der Waals surface area contributed by atoms with E-state index in [1.807, 2.05) is 31.2 Å². The molecule has 0 aliphatic carbocycles. The van der Waals surface area contributed by atoms with Crippen LogP contribution in [0, 0.1) is 20.8 Å². The normalized spacial score (nSPS) is 14.5. The molecule has 1 aliphatic heterocycles. The molecule has 3 heterocycles. The Morgan fingerprint density at radius 1 is 0.909 bits per heavy atom. The van der Waals surface area contributed by atoms with Crippen molar-refractivity contribution in [3.63, 3.8) is 0 Å². The van der Waals surface area contributed by atoms with Crippen LogP contribution in [0.25, 0.3) is 11.3 Å². The predicted molar refractivity (Wildman–Crippen MR) is 130 cm³/mol. The quantitative estimate of drug-likeness (QED) is 0.635. The Balaban J connectivity index is 1.48. The Kier molecular flexibility index (Phi) is 6.21. The van der Waals surface area contributed by atoms with Crippen LogP contribution < -0.4 is 14.5 Å². The second-order valence-electron chi connectivity index (χ2n) is 9.05. The van der Waals surface area contributed by atoms with Crippen molar-refractivity contribution in [3.05, 3.63) is 52.8 Å². The highest BCUT2D eigenvalue weighted by Gasteiger charge is 2.25. The highest BCUT2D eigenvalue weighted by molar-refractivity contribution is 5.67. The number of ether oxygens (including phenoxy) is 1. The van der Waals surface area contributed by atoms with E-state index >= 15 is 0 Å². The minimum absolute atomic E-state index is 0.703. The Morgan fingerprint density at radius 3 is 2.12 bits per heavy atom. The van der Waals surface area contributed by atoms with Crippen LogP contribution in [0.1, 0.15) is 36.2 Å². The molecule has 0 bridgehead atoms. The topological polar surface area (TPSA) is 87.5 Å². The molecule has 2 aromatic heterocycles. The fourth-order valence-corrected chi connectivity index (χ4v) is 4.24. The number of hydrogen-bond donors (Lipinski definition) is 1. The van der Waals surface area contributed by atoms with Crippen molar-refractivity contribution >= 4 is 11.8 Å². The number of nitrogens with zero attached hydrogens (tertiary/aromatic N) is 6. The summed E-state index contributed by atoms with van der Waals surface area (Å²) in [6.07, 6.45) is 1.74. The fourth-order valence-electron chi connectivity index (χ4n) is 4.24. The van der Waals surface area contributed by atoms with E-state index in [9.17, 15) is 5.11 Å². The summed E-state index contributed by atoms with van der Waals surface area (Å²) in [6, 6.07) is 7.91. The second kappa shape index (κ2) is 8.94. The molecular formula is C25H32N6O2. The Labute approximate surface area is 195 Å². The van der Waals surface area contributed by atoms with E-state index in [2.05, 4.69) is 43.8 Å². The molecule has 0 radical (unpaired) electrons. The number of hydrogen-bond acceptors (Lipinski definition) is 8.